The summed E-state index contributed by atoms with van der Waals surface area (Å²) in [6, 6.07) is 14.6. The number of rotatable bonds is 13. The maximum atomic E-state index is 13.5. The molecule has 0 amide bonds. The molecule has 2 aromatic rings. The van der Waals surface area contributed by atoms with Gasteiger partial charge in [0.25, 0.3) is 0 Å². The molecule has 2 aromatic carbocycles. The molecule has 4 nitrogen and oxygen atoms in total. The van der Waals surface area contributed by atoms with Crippen LogP contribution >= 0.6 is 19.4 Å². The molecule has 0 radical (unpaired) electrons. The Morgan fingerprint density at radius 3 is 2.39 bits per heavy atom. The van der Waals surface area contributed by atoms with Crippen molar-refractivity contribution in [2.75, 3.05) is 18.5 Å². The lowest BCUT2D eigenvalue weighted by Crippen LogP contribution is -2.19. The van der Waals surface area contributed by atoms with Gasteiger partial charge in [0, 0.05) is 11.4 Å². The van der Waals surface area contributed by atoms with E-state index in [2.05, 4.69) is 17.4 Å². The van der Waals surface area contributed by atoms with E-state index in [1.165, 1.54) is 29.5 Å². The molecule has 2 rings (SSSR count). The van der Waals surface area contributed by atoms with Crippen molar-refractivity contribution in [3.05, 3.63) is 65.2 Å². The Kier molecular flexibility index (Phi) is 10.6. The van der Waals surface area contributed by atoms with Crippen LogP contribution in [0.3, 0.4) is 0 Å². The summed E-state index contributed by atoms with van der Waals surface area (Å²) in [5, 5.41) is 2.84. The van der Waals surface area contributed by atoms with E-state index < -0.39 is 19.3 Å². The first-order valence-electron chi connectivity index (χ1n) is 10.3. The summed E-state index contributed by atoms with van der Waals surface area (Å²) in [5.41, 5.74) is 0.774. The van der Waals surface area contributed by atoms with Crippen LogP contribution < -0.4 is 5.32 Å². The third kappa shape index (κ3) is 10.7. The average molecular weight is 476 g/mol. The van der Waals surface area contributed by atoms with Crippen LogP contribution in [-0.2, 0) is 23.7 Å². The van der Waals surface area contributed by atoms with Gasteiger partial charge in [0.1, 0.15) is 0 Å². The molecule has 0 bridgehead atoms. The number of unbranched alkanes of at least 4 members (excludes halogenated alkanes) is 2. The van der Waals surface area contributed by atoms with E-state index in [-0.39, 0.29) is 31.2 Å². The van der Waals surface area contributed by atoms with Crippen molar-refractivity contribution in [2.45, 2.75) is 49.7 Å². The van der Waals surface area contributed by atoms with Crippen molar-refractivity contribution in [2.24, 2.45) is 0 Å². The van der Waals surface area contributed by atoms with Crippen molar-refractivity contribution in [3.63, 3.8) is 0 Å². The molecule has 0 aromatic heterocycles. The van der Waals surface area contributed by atoms with E-state index in [0.717, 1.165) is 31.4 Å². The summed E-state index contributed by atoms with van der Waals surface area (Å²) in [6.45, 7) is 0.238. The number of nitrogens with one attached hydrogen (secondary N) is 1. The van der Waals surface area contributed by atoms with Gasteiger partial charge in [-0.15, -0.1) is 11.8 Å². The average Bonchev–Trinajstić information content (AvgIpc) is 2.70. The number of hydrogen-bond acceptors (Lipinski definition) is 3. The number of benzene rings is 2. The van der Waals surface area contributed by atoms with Gasteiger partial charge in [-0.05, 0) is 61.2 Å². The predicted octanol–water partition coefficient (Wildman–Crippen LogP) is 5.87. The highest BCUT2D eigenvalue weighted by Gasteiger charge is 2.33. The lowest BCUT2D eigenvalue weighted by Gasteiger charge is -2.15. The fraction of sp³-hybridized carbons (Fsp3) is 0.455. The molecule has 0 fully saturated rings. The maximum absolute atomic E-state index is 13.5. The number of halogens is 3. The van der Waals surface area contributed by atoms with Gasteiger partial charge in [-0.25, -0.2) is 0 Å². The second kappa shape index (κ2) is 12.7. The highest BCUT2D eigenvalue weighted by Crippen LogP contribution is 2.36. The van der Waals surface area contributed by atoms with Gasteiger partial charge in [-0.2, -0.15) is 13.2 Å². The minimum absolute atomic E-state index is 0.000431. The molecule has 0 saturated heterocycles. The third-order valence-electron chi connectivity index (χ3n) is 4.73. The summed E-state index contributed by atoms with van der Waals surface area (Å²) in [4.78, 5) is 18.2. The number of thioether (sulfide) groups is 1. The van der Waals surface area contributed by atoms with E-state index in [1.54, 1.807) is 6.07 Å². The molecule has 0 saturated carbocycles. The summed E-state index contributed by atoms with van der Waals surface area (Å²) in [7, 11) is -4.08. The lowest BCUT2D eigenvalue weighted by molar-refractivity contribution is -0.138. The Labute approximate surface area is 185 Å². The van der Waals surface area contributed by atoms with Crippen molar-refractivity contribution < 1.29 is 27.5 Å². The van der Waals surface area contributed by atoms with Gasteiger partial charge in [-0.1, -0.05) is 42.8 Å². The first kappa shape index (κ1) is 25.9. The summed E-state index contributed by atoms with van der Waals surface area (Å²) in [6.07, 6.45) is -0.483. The lowest BCUT2D eigenvalue weighted by atomic mass is 10.1. The third-order valence-corrected chi connectivity index (χ3v) is 6.71. The molecule has 31 heavy (non-hydrogen) atoms. The van der Waals surface area contributed by atoms with Gasteiger partial charge >= 0.3 is 13.8 Å². The maximum Gasteiger partial charge on any atom is 0.416 e. The van der Waals surface area contributed by atoms with Gasteiger partial charge < -0.3 is 15.1 Å². The second-order valence-corrected chi connectivity index (χ2v) is 10.3. The van der Waals surface area contributed by atoms with Gasteiger partial charge in [0.05, 0.1) is 11.7 Å². The highest BCUT2D eigenvalue weighted by molar-refractivity contribution is 7.99. The molecule has 0 heterocycles. The van der Waals surface area contributed by atoms with Gasteiger partial charge in [0.2, 0.25) is 0 Å². The Morgan fingerprint density at radius 2 is 1.71 bits per heavy atom. The van der Waals surface area contributed by atoms with Crippen LogP contribution in [0.1, 0.15) is 42.4 Å². The molecule has 0 atom stereocenters. The molecule has 0 unspecified atom stereocenters. The van der Waals surface area contributed by atoms with Crippen LogP contribution in [-0.4, -0.2) is 28.2 Å². The molecule has 0 aliphatic carbocycles. The zero-order chi connectivity index (χ0) is 22.7. The highest BCUT2D eigenvalue weighted by atomic mass is 32.2. The molecular weight excluding hydrogens is 446 g/mol. The second-order valence-electron chi connectivity index (χ2n) is 7.38. The standard InChI is InChI=1S/C22H29F3NO3PS/c23-22(24,25)21-16-20(12-11-19(21)17-26-13-7-14-30(27,28)29)31-15-6-2-5-10-18-8-3-1-4-9-18/h1,3-4,8-9,11-12,16,26H,2,5-7,10,13-15,17H2,(H2,27,28,29). The van der Waals surface area contributed by atoms with E-state index in [4.69, 9.17) is 9.79 Å². The minimum Gasteiger partial charge on any atom is -0.324 e. The van der Waals surface area contributed by atoms with Crippen LogP contribution in [0.5, 0.6) is 0 Å². The summed E-state index contributed by atoms with van der Waals surface area (Å²) < 4.78 is 51.2. The monoisotopic (exact) mass is 475 g/mol. The SMILES string of the molecule is O=P(O)(O)CCCNCc1ccc(SCCCCCc2ccccc2)cc1C(F)(F)F. The Morgan fingerprint density at radius 1 is 0.968 bits per heavy atom. The normalized spacial score (nSPS) is 12.3. The molecule has 0 aliphatic heterocycles. The number of alkyl halides is 3. The van der Waals surface area contributed by atoms with Crippen molar-refractivity contribution >= 4 is 19.4 Å². The fourth-order valence-electron chi connectivity index (χ4n) is 3.14. The van der Waals surface area contributed by atoms with Crippen LogP contribution in [0, 0.1) is 0 Å². The van der Waals surface area contributed by atoms with Gasteiger partial charge in [0.15, 0.2) is 0 Å². The molecular formula is C22H29F3NO3PS. The Bertz CT molecular complexity index is 844. The van der Waals surface area contributed by atoms with Crippen LogP contribution in [0.2, 0.25) is 0 Å². The molecule has 3 N–H and O–H groups in total. The van der Waals surface area contributed by atoms with Crippen molar-refractivity contribution in [1.29, 1.82) is 0 Å². The number of hydrogen-bond donors (Lipinski definition) is 3. The van der Waals surface area contributed by atoms with E-state index >= 15 is 0 Å². The van der Waals surface area contributed by atoms with E-state index in [9.17, 15) is 17.7 Å². The van der Waals surface area contributed by atoms with Crippen LogP contribution in [0.4, 0.5) is 13.2 Å². The van der Waals surface area contributed by atoms with Crippen LogP contribution in [0.15, 0.2) is 53.4 Å². The molecule has 0 spiro atoms. The van der Waals surface area contributed by atoms with Gasteiger partial charge in [-0.3, -0.25) is 4.57 Å². The quantitative estimate of drug-likeness (QED) is 0.192. The minimum atomic E-state index is -4.45. The topological polar surface area (TPSA) is 69.6 Å². The Hall–Kier alpha value is -1.31. The van der Waals surface area contributed by atoms with Crippen molar-refractivity contribution in [3.8, 4) is 0 Å². The first-order chi connectivity index (χ1) is 14.6. The smallest absolute Gasteiger partial charge is 0.324 e. The van der Waals surface area contributed by atoms with Crippen molar-refractivity contribution in [1.82, 2.24) is 5.32 Å². The molecule has 0 aliphatic rings. The molecule has 172 valence electrons. The Balaban J connectivity index is 1.78. The number of aryl methyl sites for hydroxylation is 1. The van der Waals surface area contributed by atoms with Crippen LogP contribution in [0.25, 0.3) is 0 Å². The predicted molar refractivity (Wildman–Crippen MR) is 119 cm³/mol. The molecule has 9 heteroatoms. The summed E-state index contributed by atoms with van der Waals surface area (Å²) in [5.74, 6) is 0.770. The summed E-state index contributed by atoms with van der Waals surface area (Å²) >= 11 is 1.43. The zero-order valence-corrected chi connectivity index (χ0v) is 19.0. The van der Waals surface area contributed by atoms with E-state index in [1.807, 2.05) is 18.2 Å². The van der Waals surface area contributed by atoms with E-state index in [0.29, 0.717) is 4.90 Å². The zero-order valence-electron chi connectivity index (χ0n) is 17.3. The largest absolute Gasteiger partial charge is 0.416 e. The first-order valence-corrected chi connectivity index (χ1v) is 13.1. The fourth-order valence-corrected chi connectivity index (χ4v) is 4.66.